The van der Waals surface area contributed by atoms with Crippen molar-refractivity contribution in [3.8, 4) is 17.3 Å². The van der Waals surface area contributed by atoms with Crippen LogP contribution < -0.4 is 5.43 Å². The van der Waals surface area contributed by atoms with E-state index in [1.165, 1.54) is 11.3 Å². The highest BCUT2D eigenvalue weighted by Crippen LogP contribution is 2.29. The number of hydrogen-bond acceptors (Lipinski definition) is 5. The van der Waals surface area contributed by atoms with E-state index in [1.807, 2.05) is 35.7 Å². The first-order valence-electron chi connectivity index (χ1n) is 6.97. The Morgan fingerprint density at radius 2 is 1.92 bits per heavy atom. The van der Waals surface area contributed by atoms with Crippen LogP contribution in [0.4, 0.5) is 5.69 Å². The molecule has 0 aliphatic carbocycles. The molecule has 0 fully saturated rings. The number of rotatable bonds is 4. The number of thiazole rings is 1. The van der Waals surface area contributed by atoms with Gasteiger partial charge in [0.1, 0.15) is 6.07 Å². The molecule has 1 aromatic heterocycles. The summed E-state index contributed by atoms with van der Waals surface area (Å²) >= 11 is 16.7. The first-order chi connectivity index (χ1) is 12.1. The Labute approximate surface area is 166 Å². The van der Waals surface area contributed by atoms with Gasteiger partial charge in [-0.2, -0.15) is 10.4 Å². The van der Waals surface area contributed by atoms with E-state index in [4.69, 9.17) is 23.2 Å². The number of nitrogens with one attached hydrogen (secondary N) is 1. The fourth-order valence-corrected chi connectivity index (χ4v) is 3.26. The molecule has 1 heterocycles. The third-order valence-corrected chi connectivity index (χ3v) is 5.29. The van der Waals surface area contributed by atoms with E-state index in [2.05, 4.69) is 37.5 Å². The van der Waals surface area contributed by atoms with Gasteiger partial charge < -0.3 is 0 Å². The molecule has 1 N–H and O–H groups in total. The van der Waals surface area contributed by atoms with Crippen molar-refractivity contribution in [1.29, 1.82) is 5.26 Å². The molecule has 0 atom stereocenters. The first-order valence-corrected chi connectivity index (χ1v) is 9.40. The molecule has 8 heteroatoms. The smallest absolute Gasteiger partial charge is 0.196 e. The van der Waals surface area contributed by atoms with Crippen molar-refractivity contribution in [2.24, 2.45) is 5.10 Å². The van der Waals surface area contributed by atoms with Crippen LogP contribution in [0.25, 0.3) is 11.3 Å². The number of aromatic nitrogens is 1. The van der Waals surface area contributed by atoms with Gasteiger partial charge in [0.15, 0.2) is 10.7 Å². The van der Waals surface area contributed by atoms with Crippen molar-refractivity contribution in [3.05, 3.63) is 67.4 Å². The zero-order valence-corrected chi connectivity index (χ0v) is 16.4. The summed E-state index contributed by atoms with van der Waals surface area (Å²) in [4.78, 5) is 4.46. The van der Waals surface area contributed by atoms with Gasteiger partial charge in [-0.1, -0.05) is 45.2 Å². The molecule has 0 bridgehead atoms. The maximum Gasteiger partial charge on any atom is 0.196 e. The van der Waals surface area contributed by atoms with Gasteiger partial charge in [0.25, 0.3) is 0 Å². The van der Waals surface area contributed by atoms with E-state index in [-0.39, 0.29) is 5.71 Å². The second kappa shape index (κ2) is 7.98. The van der Waals surface area contributed by atoms with E-state index in [0.29, 0.717) is 20.7 Å². The quantitative estimate of drug-likeness (QED) is 0.378. The normalized spacial score (nSPS) is 11.2. The summed E-state index contributed by atoms with van der Waals surface area (Å²) in [6, 6.07) is 14.8. The summed E-state index contributed by atoms with van der Waals surface area (Å²) in [6.07, 6.45) is 0. The van der Waals surface area contributed by atoms with Gasteiger partial charge in [0.2, 0.25) is 0 Å². The molecule has 3 rings (SSSR count). The SMILES string of the molecule is N#C/C(=N\Nc1ccc(Br)cc1)c1nc(-c2ccc(Cl)c(Cl)c2)cs1. The molecule has 0 saturated heterocycles. The van der Waals surface area contributed by atoms with Crippen molar-refractivity contribution < 1.29 is 0 Å². The predicted octanol–water partition coefficient (Wildman–Crippen LogP) is 6.22. The third kappa shape index (κ3) is 4.39. The zero-order chi connectivity index (χ0) is 17.8. The molecule has 0 amide bonds. The Hall–Kier alpha value is -1.91. The average molecular weight is 452 g/mol. The summed E-state index contributed by atoms with van der Waals surface area (Å²) in [5.74, 6) is 0. The Balaban J connectivity index is 1.83. The molecule has 25 heavy (non-hydrogen) atoms. The molecule has 2 aromatic carbocycles. The highest BCUT2D eigenvalue weighted by Gasteiger charge is 2.11. The van der Waals surface area contributed by atoms with Crippen LogP contribution in [-0.2, 0) is 0 Å². The number of hydrogen-bond donors (Lipinski definition) is 1. The summed E-state index contributed by atoms with van der Waals surface area (Å²) in [5.41, 5.74) is 5.38. The monoisotopic (exact) mass is 450 g/mol. The third-order valence-electron chi connectivity index (χ3n) is 3.17. The van der Waals surface area contributed by atoms with Crippen molar-refractivity contribution >= 4 is 61.9 Å². The summed E-state index contributed by atoms with van der Waals surface area (Å²) in [7, 11) is 0. The fraction of sp³-hybridized carbons (Fsp3) is 0. The van der Waals surface area contributed by atoms with Crippen LogP contribution in [0, 0.1) is 11.3 Å². The van der Waals surface area contributed by atoms with E-state index in [0.717, 1.165) is 15.7 Å². The van der Waals surface area contributed by atoms with Gasteiger partial charge in [0.05, 0.1) is 21.4 Å². The molecule has 0 aliphatic rings. The fourth-order valence-electron chi connectivity index (χ4n) is 1.94. The summed E-state index contributed by atoms with van der Waals surface area (Å²) in [5, 5.41) is 16.8. The van der Waals surface area contributed by atoms with Crippen LogP contribution >= 0.6 is 50.5 Å². The molecular formula is C17H9BrCl2N4S. The average Bonchev–Trinajstić information content (AvgIpc) is 3.09. The van der Waals surface area contributed by atoms with Crippen LogP contribution in [-0.4, -0.2) is 10.7 Å². The van der Waals surface area contributed by atoms with Gasteiger partial charge >= 0.3 is 0 Å². The van der Waals surface area contributed by atoms with E-state index in [9.17, 15) is 5.26 Å². The maximum absolute atomic E-state index is 9.36. The van der Waals surface area contributed by atoms with Crippen LogP contribution in [0.2, 0.25) is 10.0 Å². The number of benzene rings is 2. The first kappa shape index (κ1) is 17.9. The Morgan fingerprint density at radius 1 is 1.16 bits per heavy atom. The molecular weight excluding hydrogens is 443 g/mol. The second-order valence-electron chi connectivity index (χ2n) is 4.86. The van der Waals surface area contributed by atoms with E-state index in [1.54, 1.807) is 12.1 Å². The van der Waals surface area contributed by atoms with Crippen molar-refractivity contribution in [3.63, 3.8) is 0 Å². The lowest BCUT2D eigenvalue weighted by atomic mass is 10.2. The number of halogens is 3. The Morgan fingerprint density at radius 3 is 2.60 bits per heavy atom. The highest BCUT2D eigenvalue weighted by molar-refractivity contribution is 9.10. The lowest BCUT2D eigenvalue weighted by molar-refractivity contribution is 1.31. The minimum Gasteiger partial charge on any atom is -0.277 e. The molecule has 0 unspecified atom stereocenters. The predicted molar refractivity (Wildman–Crippen MR) is 107 cm³/mol. The van der Waals surface area contributed by atoms with Crippen LogP contribution in [0.15, 0.2) is 57.4 Å². The largest absolute Gasteiger partial charge is 0.277 e. The summed E-state index contributed by atoms with van der Waals surface area (Å²) < 4.78 is 0.966. The van der Waals surface area contributed by atoms with Gasteiger partial charge in [0, 0.05) is 15.4 Å². The van der Waals surface area contributed by atoms with Crippen LogP contribution in [0.5, 0.6) is 0 Å². The van der Waals surface area contributed by atoms with Crippen LogP contribution in [0.1, 0.15) is 5.01 Å². The molecule has 0 spiro atoms. The number of nitriles is 1. The maximum atomic E-state index is 9.36. The topological polar surface area (TPSA) is 61.1 Å². The van der Waals surface area contributed by atoms with Gasteiger partial charge in [-0.3, -0.25) is 5.43 Å². The Kier molecular flexibility index (Phi) is 5.71. The molecule has 0 aliphatic heterocycles. The number of anilines is 1. The number of nitrogens with zero attached hydrogens (tertiary/aromatic N) is 3. The van der Waals surface area contributed by atoms with Gasteiger partial charge in [-0.15, -0.1) is 11.3 Å². The van der Waals surface area contributed by atoms with Crippen molar-refractivity contribution in [2.45, 2.75) is 0 Å². The molecule has 0 radical (unpaired) electrons. The lowest BCUT2D eigenvalue weighted by Crippen LogP contribution is -2.01. The van der Waals surface area contributed by atoms with Gasteiger partial charge in [-0.05, 0) is 36.4 Å². The minimum atomic E-state index is 0.208. The molecule has 0 saturated carbocycles. The van der Waals surface area contributed by atoms with Crippen molar-refractivity contribution in [1.82, 2.24) is 4.98 Å². The minimum absolute atomic E-state index is 0.208. The molecule has 4 nitrogen and oxygen atoms in total. The highest BCUT2D eigenvalue weighted by atomic mass is 79.9. The van der Waals surface area contributed by atoms with Gasteiger partial charge in [-0.25, -0.2) is 4.98 Å². The Bertz CT molecular complexity index is 977. The lowest BCUT2D eigenvalue weighted by Gasteiger charge is -2.01. The summed E-state index contributed by atoms with van der Waals surface area (Å²) in [6.45, 7) is 0. The standard InChI is InChI=1S/C17H9BrCl2N4S/c18-11-2-4-12(5-3-11)23-24-15(8-21)17-22-16(9-25-17)10-1-6-13(19)14(20)7-10/h1-7,9,23H/b24-15+. The van der Waals surface area contributed by atoms with E-state index < -0.39 is 0 Å². The second-order valence-corrected chi connectivity index (χ2v) is 7.45. The zero-order valence-electron chi connectivity index (χ0n) is 12.5. The van der Waals surface area contributed by atoms with E-state index >= 15 is 0 Å². The number of hydrazone groups is 1. The molecule has 3 aromatic rings. The van der Waals surface area contributed by atoms with Crippen molar-refractivity contribution in [2.75, 3.05) is 5.43 Å². The van der Waals surface area contributed by atoms with Crippen LogP contribution in [0.3, 0.4) is 0 Å². The molecule has 124 valence electrons.